The average molecular weight is 385 g/mol. The summed E-state index contributed by atoms with van der Waals surface area (Å²) in [5, 5.41) is 2.28. The van der Waals surface area contributed by atoms with E-state index in [2.05, 4.69) is 35.3 Å². The zero-order valence-electron chi connectivity index (χ0n) is 16.3. The van der Waals surface area contributed by atoms with Gasteiger partial charge in [-0.2, -0.15) is 0 Å². The summed E-state index contributed by atoms with van der Waals surface area (Å²) >= 11 is 0. The Kier molecular flexibility index (Phi) is 4.81. The normalized spacial score (nSPS) is 17.4. The second kappa shape index (κ2) is 7.75. The van der Waals surface area contributed by atoms with Gasteiger partial charge in [0.15, 0.2) is 0 Å². The van der Waals surface area contributed by atoms with Crippen LogP contribution in [0.2, 0.25) is 0 Å². The lowest BCUT2D eigenvalue weighted by molar-refractivity contribution is 0.262. The smallest absolute Gasteiger partial charge is 0.143 e. The number of hydrogen-bond donors (Lipinski definition) is 1. The number of rotatable bonds is 5. The monoisotopic (exact) mass is 385 g/mol. The van der Waals surface area contributed by atoms with Crippen molar-refractivity contribution in [3.8, 4) is 0 Å². The molecule has 1 unspecified atom stereocenters. The van der Waals surface area contributed by atoms with Crippen LogP contribution in [0, 0.1) is 5.82 Å². The molecule has 0 bridgehead atoms. The molecule has 0 radical (unpaired) electrons. The minimum atomic E-state index is -0.131. The Labute approximate surface area is 170 Å². The number of aromatic amines is 1. The summed E-state index contributed by atoms with van der Waals surface area (Å²) in [4.78, 5) is 3.61. The first-order chi connectivity index (χ1) is 14.3. The fourth-order valence-electron chi connectivity index (χ4n) is 4.46. The van der Waals surface area contributed by atoms with E-state index < -0.39 is 0 Å². The summed E-state index contributed by atoms with van der Waals surface area (Å²) in [7, 11) is 0. The average Bonchev–Trinajstić information content (AvgIpc) is 3.16. The predicted molar refractivity (Wildman–Crippen MR) is 114 cm³/mol. The number of benzene rings is 2. The van der Waals surface area contributed by atoms with Crippen molar-refractivity contribution in [3.63, 3.8) is 0 Å². The maximum Gasteiger partial charge on any atom is 0.143 e. The lowest BCUT2D eigenvalue weighted by Crippen LogP contribution is -2.22. The Morgan fingerprint density at radius 2 is 1.86 bits per heavy atom. The number of H-pyrrole nitrogens is 1. The third-order valence-electron chi connectivity index (χ3n) is 5.89. The maximum absolute atomic E-state index is 14.3. The van der Waals surface area contributed by atoms with E-state index in [9.17, 15) is 4.39 Å². The molecule has 0 amide bonds. The summed E-state index contributed by atoms with van der Waals surface area (Å²) in [5.41, 5.74) is 4.56. The van der Waals surface area contributed by atoms with Crippen molar-refractivity contribution in [2.45, 2.75) is 38.2 Å². The first kappa shape index (κ1) is 18.0. The van der Waals surface area contributed by atoms with Gasteiger partial charge in [-0.3, -0.25) is 0 Å². The molecular weight excluding hydrogens is 361 g/mol. The number of hydrogen-bond acceptors (Lipinski definition) is 1. The molecule has 0 saturated carbocycles. The molecule has 2 aliphatic rings. The standard InChI is InChI=1S/C26H24FNO/c27-22-12-6-4-10-19(22)16-20-14-15-24(29-17-18-8-2-1-3-9-18)26-25(20)21-11-5-7-13-23(21)28-26/h1-4,6,8-10,12-15,20,28H,5,7,11,16-17H2. The van der Waals surface area contributed by atoms with Crippen LogP contribution in [-0.2, 0) is 24.2 Å². The van der Waals surface area contributed by atoms with Gasteiger partial charge in [0.25, 0.3) is 0 Å². The molecule has 1 aromatic heterocycles. The van der Waals surface area contributed by atoms with Gasteiger partial charge in [0.05, 0.1) is 5.35 Å². The zero-order valence-corrected chi connectivity index (χ0v) is 16.3. The molecular formula is C26H24FNO. The highest BCUT2D eigenvalue weighted by Gasteiger charge is 2.24. The number of nitrogens with one attached hydrogen (secondary N) is 1. The van der Waals surface area contributed by atoms with Gasteiger partial charge in [0.1, 0.15) is 18.2 Å². The minimum Gasteiger partial charge on any atom is -0.487 e. The van der Waals surface area contributed by atoms with Gasteiger partial charge in [-0.1, -0.05) is 60.7 Å². The molecule has 0 aliphatic heterocycles. The van der Waals surface area contributed by atoms with Crippen molar-refractivity contribution >= 4 is 11.8 Å². The Bertz CT molecular complexity index is 1170. The van der Waals surface area contributed by atoms with E-state index in [1.54, 1.807) is 12.1 Å². The van der Waals surface area contributed by atoms with Crippen molar-refractivity contribution < 1.29 is 9.13 Å². The summed E-state index contributed by atoms with van der Waals surface area (Å²) in [5.74, 6) is 0.891. The molecule has 5 rings (SSSR count). The first-order valence-corrected chi connectivity index (χ1v) is 10.3. The minimum absolute atomic E-state index is 0.131. The fourth-order valence-corrected chi connectivity index (χ4v) is 4.46. The van der Waals surface area contributed by atoms with Gasteiger partial charge >= 0.3 is 0 Å². The van der Waals surface area contributed by atoms with Gasteiger partial charge in [0.2, 0.25) is 0 Å². The third kappa shape index (κ3) is 3.53. The topological polar surface area (TPSA) is 25.0 Å². The Hall–Kier alpha value is -3.07. The van der Waals surface area contributed by atoms with Crippen molar-refractivity contribution in [1.29, 1.82) is 0 Å². The van der Waals surface area contributed by atoms with Crippen LogP contribution in [0.5, 0.6) is 0 Å². The lowest BCUT2D eigenvalue weighted by atomic mass is 9.85. The number of ether oxygens (including phenoxy) is 1. The van der Waals surface area contributed by atoms with Crippen molar-refractivity contribution in [2.24, 2.45) is 0 Å². The largest absolute Gasteiger partial charge is 0.487 e. The van der Waals surface area contributed by atoms with E-state index in [0.717, 1.165) is 41.5 Å². The molecule has 0 saturated heterocycles. The second-order valence-electron chi connectivity index (χ2n) is 7.80. The number of aromatic nitrogens is 1. The van der Waals surface area contributed by atoms with Crippen LogP contribution in [0.4, 0.5) is 4.39 Å². The van der Waals surface area contributed by atoms with E-state index in [1.807, 2.05) is 30.3 Å². The summed E-state index contributed by atoms with van der Waals surface area (Å²) in [6.45, 7) is 0.533. The first-order valence-electron chi connectivity index (χ1n) is 10.3. The fraction of sp³-hybridized carbons (Fsp3) is 0.231. The van der Waals surface area contributed by atoms with Crippen LogP contribution in [0.25, 0.3) is 11.8 Å². The molecule has 2 aliphatic carbocycles. The predicted octanol–water partition coefficient (Wildman–Crippen LogP) is 4.49. The molecule has 1 N–H and O–H groups in total. The van der Waals surface area contributed by atoms with E-state index >= 15 is 0 Å². The van der Waals surface area contributed by atoms with Crippen LogP contribution >= 0.6 is 0 Å². The SMILES string of the molecule is Fc1ccccc1CC1C=CC(OCc2ccccc2)=c2[nH]c3c(c21)CCCC=3. The van der Waals surface area contributed by atoms with Crippen molar-refractivity contribution in [1.82, 2.24) is 4.98 Å². The van der Waals surface area contributed by atoms with Crippen molar-refractivity contribution in [2.75, 3.05) is 0 Å². The van der Waals surface area contributed by atoms with E-state index in [4.69, 9.17) is 4.74 Å². The lowest BCUT2D eigenvalue weighted by Gasteiger charge is -2.20. The Morgan fingerprint density at radius 3 is 2.72 bits per heavy atom. The Balaban J connectivity index is 1.54. The van der Waals surface area contributed by atoms with Gasteiger partial charge < -0.3 is 9.72 Å². The highest BCUT2D eigenvalue weighted by atomic mass is 19.1. The summed E-state index contributed by atoms with van der Waals surface area (Å²) < 4.78 is 20.5. The van der Waals surface area contributed by atoms with Crippen molar-refractivity contribution in [3.05, 3.63) is 106 Å². The zero-order chi connectivity index (χ0) is 19.6. The summed E-state index contributed by atoms with van der Waals surface area (Å²) in [6.07, 6.45) is 10.5. The Morgan fingerprint density at radius 1 is 1.03 bits per heavy atom. The molecule has 2 nitrogen and oxygen atoms in total. The molecule has 3 heteroatoms. The molecule has 1 heterocycles. The molecule has 0 spiro atoms. The van der Waals surface area contributed by atoms with Crippen LogP contribution < -0.4 is 10.7 Å². The number of allylic oxidation sites excluding steroid dienone is 1. The van der Waals surface area contributed by atoms with Crippen LogP contribution in [0.15, 0.2) is 66.7 Å². The van der Waals surface area contributed by atoms with Crippen LogP contribution in [0.3, 0.4) is 0 Å². The molecule has 3 aromatic rings. The number of halogens is 1. The molecule has 146 valence electrons. The molecule has 1 atom stereocenters. The third-order valence-corrected chi connectivity index (χ3v) is 5.89. The van der Waals surface area contributed by atoms with E-state index in [-0.39, 0.29) is 11.7 Å². The number of fused-ring (bicyclic) bond motifs is 3. The quantitative estimate of drug-likeness (QED) is 0.688. The van der Waals surface area contributed by atoms with Gasteiger partial charge in [-0.25, -0.2) is 4.39 Å². The van der Waals surface area contributed by atoms with E-state index in [0.29, 0.717) is 13.0 Å². The highest BCUT2D eigenvalue weighted by molar-refractivity contribution is 5.58. The van der Waals surface area contributed by atoms with Gasteiger partial charge in [-0.15, -0.1) is 0 Å². The van der Waals surface area contributed by atoms with Crippen LogP contribution in [0.1, 0.15) is 41.0 Å². The van der Waals surface area contributed by atoms with Crippen LogP contribution in [-0.4, -0.2) is 4.98 Å². The summed E-state index contributed by atoms with van der Waals surface area (Å²) in [6, 6.07) is 17.3. The van der Waals surface area contributed by atoms with E-state index in [1.165, 1.54) is 16.5 Å². The maximum atomic E-state index is 14.3. The molecule has 2 aromatic carbocycles. The van der Waals surface area contributed by atoms with Gasteiger partial charge in [0, 0.05) is 11.3 Å². The van der Waals surface area contributed by atoms with Gasteiger partial charge in [-0.05, 0) is 60.1 Å². The second-order valence-corrected chi connectivity index (χ2v) is 7.80. The molecule has 0 fully saturated rings. The molecule has 29 heavy (non-hydrogen) atoms. The highest BCUT2D eigenvalue weighted by Crippen LogP contribution is 2.29.